The zero-order valence-corrected chi connectivity index (χ0v) is 15.9. The van der Waals surface area contributed by atoms with E-state index in [1.807, 2.05) is 12.1 Å². The van der Waals surface area contributed by atoms with Gasteiger partial charge in [-0.15, -0.1) is 0 Å². The topological polar surface area (TPSA) is 31.6 Å². The third kappa shape index (κ3) is 3.11. The normalized spacial score (nSPS) is 15.8. The van der Waals surface area contributed by atoms with E-state index < -0.39 is 0 Å². The van der Waals surface area contributed by atoms with E-state index in [9.17, 15) is 8.78 Å². The molecule has 2 aromatic heterocycles. The third-order valence-electron chi connectivity index (χ3n) is 6.12. The first-order chi connectivity index (χ1) is 13.7. The van der Waals surface area contributed by atoms with Gasteiger partial charge in [-0.2, -0.15) is 0 Å². The predicted octanol–water partition coefficient (Wildman–Crippen LogP) is 6.37. The van der Waals surface area contributed by atoms with Gasteiger partial charge < -0.3 is 9.97 Å². The van der Waals surface area contributed by atoms with Gasteiger partial charge in [0.05, 0.1) is 0 Å². The highest BCUT2D eigenvalue weighted by molar-refractivity contribution is 5.85. The summed E-state index contributed by atoms with van der Waals surface area (Å²) in [7, 11) is 0. The average molecular weight is 378 g/mol. The molecule has 0 atom stereocenters. The smallest absolute Gasteiger partial charge is 0.123 e. The van der Waals surface area contributed by atoms with Crippen molar-refractivity contribution in [3.8, 4) is 0 Å². The molecule has 0 radical (unpaired) electrons. The SMILES string of the molecule is Fc1ccc2[nH]c3c(c2c1)CCCC3.Fc1ccc2[nH]c3c(c2c1)CCCC3. The summed E-state index contributed by atoms with van der Waals surface area (Å²) in [5.74, 6) is -0.269. The number of aromatic nitrogens is 2. The van der Waals surface area contributed by atoms with Gasteiger partial charge in [0, 0.05) is 33.2 Å². The van der Waals surface area contributed by atoms with Crippen LogP contribution in [0.3, 0.4) is 0 Å². The van der Waals surface area contributed by atoms with Gasteiger partial charge >= 0.3 is 0 Å². The van der Waals surface area contributed by atoms with Crippen LogP contribution in [0.1, 0.15) is 48.2 Å². The minimum atomic E-state index is -0.134. The average Bonchev–Trinajstić information content (AvgIpc) is 3.26. The highest BCUT2D eigenvalue weighted by atomic mass is 19.1. The summed E-state index contributed by atoms with van der Waals surface area (Å²) in [6.07, 6.45) is 9.40. The van der Waals surface area contributed by atoms with Gasteiger partial charge in [-0.1, -0.05) is 0 Å². The standard InChI is InChI=1S/2C12H12FN/c2*13-8-5-6-12-10(7-8)9-3-1-2-4-11(9)14-12/h2*5-7,14H,1-4H2. The first-order valence-electron chi connectivity index (χ1n) is 10.3. The lowest BCUT2D eigenvalue weighted by Gasteiger charge is -2.10. The molecule has 6 rings (SSSR count). The van der Waals surface area contributed by atoms with Crippen molar-refractivity contribution in [3.63, 3.8) is 0 Å². The molecule has 4 aromatic rings. The van der Waals surface area contributed by atoms with Gasteiger partial charge in [0.2, 0.25) is 0 Å². The number of aromatic amines is 2. The van der Waals surface area contributed by atoms with Gasteiger partial charge in [0.15, 0.2) is 0 Å². The zero-order valence-electron chi connectivity index (χ0n) is 15.9. The van der Waals surface area contributed by atoms with Crippen LogP contribution in [0.15, 0.2) is 36.4 Å². The second-order valence-corrected chi connectivity index (χ2v) is 7.96. The Morgan fingerprint density at radius 2 is 1.00 bits per heavy atom. The maximum atomic E-state index is 13.1. The highest BCUT2D eigenvalue weighted by Gasteiger charge is 2.16. The number of halogens is 2. The van der Waals surface area contributed by atoms with Crippen molar-refractivity contribution in [2.75, 3.05) is 0 Å². The summed E-state index contributed by atoms with van der Waals surface area (Å²) in [6, 6.07) is 10.0. The lowest BCUT2D eigenvalue weighted by molar-refractivity contribution is 0.629. The Balaban J connectivity index is 0.000000122. The lowest BCUT2D eigenvalue weighted by atomic mass is 9.96. The van der Waals surface area contributed by atoms with E-state index in [0.29, 0.717) is 0 Å². The number of aryl methyl sites for hydroxylation is 4. The number of fused-ring (bicyclic) bond motifs is 6. The van der Waals surface area contributed by atoms with Crippen molar-refractivity contribution in [2.24, 2.45) is 0 Å². The van der Waals surface area contributed by atoms with Crippen molar-refractivity contribution in [1.29, 1.82) is 0 Å². The van der Waals surface area contributed by atoms with Gasteiger partial charge in [-0.3, -0.25) is 0 Å². The van der Waals surface area contributed by atoms with E-state index in [0.717, 1.165) is 47.5 Å². The molecule has 2 heterocycles. The molecule has 2 aliphatic rings. The van der Waals surface area contributed by atoms with Crippen LogP contribution < -0.4 is 0 Å². The molecule has 2 N–H and O–H groups in total. The van der Waals surface area contributed by atoms with Crippen molar-refractivity contribution in [3.05, 3.63) is 70.5 Å². The fourth-order valence-corrected chi connectivity index (χ4v) is 4.76. The lowest BCUT2D eigenvalue weighted by Crippen LogP contribution is -1.99. The highest BCUT2D eigenvalue weighted by Crippen LogP contribution is 2.30. The van der Waals surface area contributed by atoms with Gasteiger partial charge in [-0.05, 0) is 98.9 Å². The van der Waals surface area contributed by atoms with Crippen LogP contribution >= 0.6 is 0 Å². The molecule has 0 amide bonds. The van der Waals surface area contributed by atoms with Crippen LogP contribution in [0.5, 0.6) is 0 Å². The fraction of sp³-hybridized carbons (Fsp3) is 0.333. The molecule has 28 heavy (non-hydrogen) atoms. The summed E-state index contributed by atoms with van der Waals surface area (Å²) < 4.78 is 26.1. The molecule has 0 aliphatic heterocycles. The molecule has 0 unspecified atom stereocenters. The third-order valence-corrected chi connectivity index (χ3v) is 6.12. The van der Waals surface area contributed by atoms with E-state index in [2.05, 4.69) is 9.97 Å². The second-order valence-electron chi connectivity index (χ2n) is 7.96. The van der Waals surface area contributed by atoms with E-state index >= 15 is 0 Å². The number of rotatable bonds is 0. The molecular formula is C24H24F2N2. The van der Waals surface area contributed by atoms with Crippen molar-refractivity contribution in [2.45, 2.75) is 51.4 Å². The monoisotopic (exact) mass is 378 g/mol. The Bertz CT molecular complexity index is 1060. The minimum absolute atomic E-state index is 0.134. The summed E-state index contributed by atoms with van der Waals surface area (Å²) >= 11 is 0. The van der Waals surface area contributed by atoms with Crippen molar-refractivity contribution < 1.29 is 8.78 Å². The first kappa shape index (κ1) is 17.5. The number of hydrogen-bond donors (Lipinski definition) is 2. The largest absolute Gasteiger partial charge is 0.358 e. The maximum absolute atomic E-state index is 13.1. The van der Waals surface area contributed by atoms with E-state index in [-0.39, 0.29) is 11.6 Å². The quantitative estimate of drug-likeness (QED) is 0.356. The molecule has 2 aromatic carbocycles. The Labute approximate surface area is 163 Å². The number of hydrogen-bond acceptors (Lipinski definition) is 0. The van der Waals surface area contributed by atoms with E-state index in [4.69, 9.17) is 0 Å². The Hall–Kier alpha value is -2.62. The molecule has 0 fully saturated rings. The molecule has 0 saturated carbocycles. The fourth-order valence-electron chi connectivity index (χ4n) is 4.76. The predicted molar refractivity (Wildman–Crippen MR) is 110 cm³/mol. The minimum Gasteiger partial charge on any atom is -0.358 e. The van der Waals surface area contributed by atoms with Gasteiger partial charge in [0.25, 0.3) is 0 Å². The van der Waals surface area contributed by atoms with Crippen LogP contribution in [0.4, 0.5) is 8.78 Å². The van der Waals surface area contributed by atoms with Crippen molar-refractivity contribution in [1.82, 2.24) is 9.97 Å². The number of nitrogens with one attached hydrogen (secondary N) is 2. The van der Waals surface area contributed by atoms with Gasteiger partial charge in [0.1, 0.15) is 11.6 Å². The summed E-state index contributed by atoms with van der Waals surface area (Å²) in [5.41, 5.74) is 7.47. The van der Waals surface area contributed by atoms with Crippen LogP contribution in [-0.4, -0.2) is 9.97 Å². The number of benzene rings is 2. The van der Waals surface area contributed by atoms with Crippen LogP contribution in [0, 0.1) is 11.6 Å². The Morgan fingerprint density at radius 1 is 0.571 bits per heavy atom. The zero-order chi connectivity index (χ0) is 19.1. The summed E-state index contributed by atoms with van der Waals surface area (Å²) in [6.45, 7) is 0. The number of H-pyrrole nitrogens is 2. The van der Waals surface area contributed by atoms with Crippen LogP contribution in [0.2, 0.25) is 0 Å². The molecule has 2 aliphatic carbocycles. The Morgan fingerprint density at radius 3 is 1.46 bits per heavy atom. The second kappa shape index (κ2) is 7.08. The van der Waals surface area contributed by atoms with E-state index in [1.165, 1.54) is 60.3 Å². The Kier molecular flexibility index (Phi) is 4.42. The molecule has 0 bridgehead atoms. The molecule has 2 nitrogen and oxygen atoms in total. The van der Waals surface area contributed by atoms with Crippen molar-refractivity contribution >= 4 is 21.8 Å². The molecule has 0 spiro atoms. The molecule has 144 valence electrons. The van der Waals surface area contributed by atoms with Crippen LogP contribution in [-0.2, 0) is 25.7 Å². The molecular weight excluding hydrogens is 354 g/mol. The molecule has 0 saturated heterocycles. The van der Waals surface area contributed by atoms with Crippen LogP contribution in [0.25, 0.3) is 21.8 Å². The first-order valence-corrected chi connectivity index (χ1v) is 10.3. The van der Waals surface area contributed by atoms with Gasteiger partial charge in [-0.25, -0.2) is 8.78 Å². The van der Waals surface area contributed by atoms with E-state index in [1.54, 1.807) is 12.1 Å². The summed E-state index contributed by atoms with van der Waals surface area (Å²) in [5, 5.41) is 2.17. The maximum Gasteiger partial charge on any atom is 0.123 e. The molecule has 4 heteroatoms. The summed E-state index contributed by atoms with van der Waals surface area (Å²) in [4.78, 5) is 6.75.